The molecule has 3 aromatic rings. The van der Waals surface area contributed by atoms with E-state index >= 15 is 0 Å². The molecule has 0 aliphatic carbocycles. The number of hydrogen-bond donors (Lipinski definition) is 0. The fourth-order valence-electron chi connectivity index (χ4n) is 2.65. The summed E-state index contributed by atoms with van der Waals surface area (Å²) in [5.41, 5.74) is 0.931. The minimum Gasteiger partial charge on any atom is -0.497 e. The molecule has 3 nitrogen and oxygen atoms in total. The SMILES string of the molecule is COc1ccc2c(c1)c(C)cc(=O)c1cc(OC)ccc12. The van der Waals surface area contributed by atoms with Crippen LogP contribution >= 0.6 is 0 Å². The number of rotatable bonds is 2. The normalized spacial score (nSPS) is 10.8. The summed E-state index contributed by atoms with van der Waals surface area (Å²) in [5.74, 6) is 1.47. The van der Waals surface area contributed by atoms with E-state index in [0.717, 1.165) is 27.5 Å². The Balaban J connectivity index is 2.56. The Labute approximate surface area is 122 Å². The first-order chi connectivity index (χ1) is 10.1. The van der Waals surface area contributed by atoms with Gasteiger partial charge in [0.2, 0.25) is 0 Å². The third-order valence-electron chi connectivity index (χ3n) is 3.78. The molecule has 3 rings (SSSR count). The zero-order chi connectivity index (χ0) is 15.0. The molecule has 0 N–H and O–H groups in total. The topological polar surface area (TPSA) is 35.5 Å². The van der Waals surface area contributed by atoms with Gasteiger partial charge in [-0.2, -0.15) is 0 Å². The van der Waals surface area contributed by atoms with Crippen LogP contribution in [0.5, 0.6) is 11.5 Å². The molecule has 0 saturated carbocycles. The molecule has 21 heavy (non-hydrogen) atoms. The van der Waals surface area contributed by atoms with Gasteiger partial charge in [0.05, 0.1) is 14.2 Å². The van der Waals surface area contributed by atoms with E-state index in [1.165, 1.54) is 0 Å². The number of benzene rings is 2. The zero-order valence-corrected chi connectivity index (χ0v) is 12.3. The van der Waals surface area contributed by atoms with Gasteiger partial charge in [0.1, 0.15) is 11.5 Å². The maximum Gasteiger partial charge on any atom is 0.186 e. The third kappa shape index (κ3) is 2.21. The largest absolute Gasteiger partial charge is 0.497 e. The first-order valence-corrected chi connectivity index (χ1v) is 6.73. The molecular formula is C18H16O3. The highest BCUT2D eigenvalue weighted by Gasteiger charge is 2.07. The molecule has 0 saturated heterocycles. The van der Waals surface area contributed by atoms with Crippen molar-refractivity contribution in [2.45, 2.75) is 6.92 Å². The summed E-state index contributed by atoms with van der Waals surface area (Å²) in [5, 5.41) is 3.64. The minimum absolute atomic E-state index is 0.00318. The number of aryl methyl sites for hydroxylation is 1. The van der Waals surface area contributed by atoms with Crippen molar-refractivity contribution in [2.24, 2.45) is 0 Å². The molecule has 0 amide bonds. The summed E-state index contributed by atoms with van der Waals surface area (Å²) in [6, 6.07) is 13.1. The fraction of sp³-hybridized carbons (Fsp3) is 0.167. The average Bonchev–Trinajstić information content (AvgIpc) is 2.62. The van der Waals surface area contributed by atoms with Crippen molar-refractivity contribution in [1.82, 2.24) is 0 Å². The molecule has 3 heteroatoms. The maximum atomic E-state index is 12.4. The maximum absolute atomic E-state index is 12.4. The van der Waals surface area contributed by atoms with Gasteiger partial charge in [-0.05, 0) is 65.0 Å². The lowest BCUT2D eigenvalue weighted by Crippen LogP contribution is -1.96. The highest BCUT2D eigenvalue weighted by atomic mass is 16.5. The summed E-state index contributed by atoms with van der Waals surface area (Å²) < 4.78 is 10.5. The van der Waals surface area contributed by atoms with E-state index in [4.69, 9.17) is 9.47 Å². The van der Waals surface area contributed by atoms with Gasteiger partial charge in [-0.25, -0.2) is 0 Å². The van der Waals surface area contributed by atoms with Gasteiger partial charge in [0, 0.05) is 5.39 Å². The van der Waals surface area contributed by atoms with E-state index in [9.17, 15) is 4.79 Å². The second-order valence-electron chi connectivity index (χ2n) is 5.01. The van der Waals surface area contributed by atoms with Crippen LogP contribution in [-0.4, -0.2) is 14.2 Å². The van der Waals surface area contributed by atoms with E-state index in [2.05, 4.69) is 0 Å². The van der Waals surface area contributed by atoms with E-state index in [-0.39, 0.29) is 5.43 Å². The van der Waals surface area contributed by atoms with Crippen LogP contribution in [0, 0.1) is 6.92 Å². The Hall–Kier alpha value is -2.55. The predicted octanol–water partition coefficient (Wildman–Crippen LogP) is 3.68. The fourth-order valence-corrected chi connectivity index (χ4v) is 2.65. The molecule has 106 valence electrons. The molecule has 0 spiro atoms. The standard InChI is InChI=1S/C18H16O3/c1-11-8-18(19)17-10-13(21-3)5-7-15(17)14-6-4-12(20-2)9-16(11)14/h4-10H,1-3H3. The van der Waals surface area contributed by atoms with Crippen LogP contribution in [-0.2, 0) is 0 Å². The molecule has 3 aromatic carbocycles. The molecule has 0 aliphatic heterocycles. The summed E-state index contributed by atoms with van der Waals surface area (Å²) in [6.45, 7) is 1.94. The lowest BCUT2D eigenvalue weighted by molar-refractivity contribution is 0.415. The molecular weight excluding hydrogens is 264 g/mol. The Kier molecular flexibility index (Phi) is 3.26. The number of hydrogen-bond acceptors (Lipinski definition) is 3. The van der Waals surface area contributed by atoms with Crippen LogP contribution in [0.15, 0.2) is 47.3 Å². The molecule has 0 heterocycles. The quantitative estimate of drug-likeness (QED) is 0.718. The zero-order valence-electron chi connectivity index (χ0n) is 12.3. The highest BCUT2D eigenvalue weighted by Crippen LogP contribution is 2.29. The van der Waals surface area contributed by atoms with Gasteiger partial charge in [-0.3, -0.25) is 4.79 Å². The number of methoxy groups -OCH3 is 2. The lowest BCUT2D eigenvalue weighted by Gasteiger charge is -2.04. The van der Waals surface area contributed by atoms with Crippen LogP contribution in [0.2, 0.25) is 0 Å². The van der Waals surface area contributed by atoms with Crippen molar-refractivity contribution in [1.29, 1.82) is 0 Å². The van der Waals surface area contributed by atoms with Crippen LogP contribution in [0.1, 0.15) is 5.56 Å². The molecule has 0 atom stereocenters. The molecule has 0 fully saturated rings. The van der Waals surface area contributed by atoms with Crippen molar-refractivity contribution >= 4 is 21.5 Å². The van der Waals surface area contributed by atoms with Crippen molar-refractivity contribution in [3.05, 3.63) is 58.3 Å². The van der Waals surface area contributed by atoms with Crippen LogP contribution < -0.4 is 14.9 Å². The summed E-state index contributed by atoms with van der Waals surface area (Å²) in [7, 11) is 3.24. The highest BCUT2D eigenvalue weighted by molar-refractivity contribution is 6.07. The Bertz CT molecular complexity index is 898. The van der Waals surface area contributed by atoms with E-state index in [0.29, 0.717) is 11.1 Å². The number of fused-ring (bicyclic) bond motifs is 3. The van der Waals surface area contributed by atoms with Gasteiger partial charge in [0.15, 0.2) is 5.43 Å². The number of ether oxygens (including phenoxy) is 2. The second-order valence-corrected chi connectivity index (χ2v) is 5.01. The summed E-state index contributed by atoms with van der Waals surface area (Å²) in [6.07, 6.45) is 0. The first kappa shape index (κ1) is 13.4. The van der Waals surface area contributed by atoms with Gasteiger partial charge < -0.3 is 9.47 Å². The molecule has 0 radical (unpaired) electrons. The molecule has 0 unspecified atom stereocenters. The molecule has 0 bridgehead atoms. The molecule has 0 aromatic heterocycles. The predicted molar refractivity (Wildman–Crippen MR) is 85.6 cm³/mol. The molecule has 0 aliphatic rings. The minimum atomic E-state index is -0.00318. The Morgan fingerprint density at radius 3 is 1.81 bits per heavy atom. The summed E-state index contributed by atoms with van der Waals surface area (Å²) >= 11 is 0. The third-order valence-corrected chi connectivity index (χ3v) is 3.78. The van der Waals surface area contributed by atoms with Crippen molar-refractivity contribution in [3.8, 4) is 11.5 Å². The van der Waals surface area contributed by atoms with E-state index < -0.39 is 0 Å². The Morgan fingerprint density at radius 1 is 0.714 bits per heavy atom. The summed E-state index contributed by atoms with van der Waals surface area (Å²) in [4.78, 5) is 12.4. The van der Waals surface area contributed by atoms with Crippen molar-refractivity contribution < 1.29 is 9.47 Å². The van der Waals surface area contributed by atoms with E-state index in [1.807, 2.05) is 37.3 Å². The van der Waals surface area contributed by atoms with Gasteiger partial charge in [-0.1, -0.05) is 6.07 Å². The van der Waals surface area contributed by atoms with Crippen molar-refractivity contribution in [2.75, 3.05) is 14.2 Å². The van der Waals surface area contributed by atoms with Gasteiger partial charge in [-0.15, -0.1) is 0 Å². The van der Waals surface area contributed by atoms with Crippen LogP contribution in [0.25, 0.3) is 21.5 Å². The van der Waals surface area contributed by atoms with Gasteiger partial charge in [0.25, 0.3) is 0 Å². The monoisotopic (exact) mass is 280 g/mol. The Morgan fingerprint density at radius 2 is 1.24 bits per heavy atom. The van der Waals surface area contributed by atoms with Crippen molar-refractivity contribution in [3.63, 3.8) is 0 Å². The lowest BCUT2D eigenvalue weighted by atomic mass is 10.1. The van der Waals surface area contributed by atoms with Crippen LogP contribution in [0.3, 0.4) is 0 Å². The second kappa shape index (κ2) is 5.09. The van der Waals surface area contributed by atoms with Gasteiger partial charge >= 0.3 is 0 Å². The van der Waals surface area contributed by atoms with E-state index in [1.54, 1.807) is 26.4 Å². The first-order valence-electron chi connectivity index (χ1n) is 6.73. The average molecular weight is 280 g/mol. The smallest absolute Gasteiger partial charge is 0.186 e. The van der Waals surface area contributed by atoms with Crippen LogP contribution in [0.4, 0.5) is 0 Å².